The molecule has 0 amide bonds. The van der Waals surface area contributed by atoms with Crippen molar-refractivity contribution in [2.75, 3.05) is 44.4 Å². The molecule has 35 heavy (non-hydrogen) atoms. The van der Waals surface area contributed by atoms with E-state index in [0.717, 1.165) is 29.5 Å². The second-order valence-electron chi connectivity index (χ2n) is 8.33. The van der Waals surface area contributed by atoms with Gasteiger partial charge in [0, 0.05) is 32.5 Å². The molecule has 2 saturated heterocycles. The molecule has 0 unspecified atom stereocenters. The molecule has 3 N–H and O–H groups in total. The van der Waals surface area contributed by atoms with Crippen molar-refractivity contribution in [1.29, 1.82) is 0 Å². The molecule has 0 bridgehead atoms. The number of nitrogens with one attached hydrogen (secondary N) is 3. The van der Waals surface area contributed by atoms with Crippen LogP contribution in [0.15, 0.2) is 30.5 Å². The molecule has 198 valence electrons. The smallest absolute Gasteiger partial charge is 0.126 e. The van der Waals surface area contributed by atoms with Gasteiger partial charge in [0.2, 0.25) is 0 Å². The van der Waals surface area contributed by atoms with E-state index >= 15 is 0 Å². The van der Waals surface area contributed by atoms with Crippen molar-refractivity contribution in [3.8, 4) is 11.3 Å². The SMILES string of the molecule is C1CCNCC1.C=O.CC.CC1(C)CCCCO1.CNc1cc(-c2cccc(NC)n2)c(Cl)cn1. The monoisotopic (exact) mass is 507 g/mol. The minimum Gasteiger partial charge on any atom is -0.376 e. The summed E-state index contributed by atoms with van der Waals surface area (Å²) < 4.78 is 5.47. The third-order valence-electron chi connectivity index (χ3n) is 5.27. The normalized spacial score (nSPS) is 15.6. The zero-order valence-electron chi connectivity index (χ0n) is 22.5. The summed E-state index contributed by atoms with van der Waals surface area (Å²) in [5.74, 6) is 1.57. The molecule has 0 atom stereocenters. The van der Waals surface area contributed by atoms with Crippen LogP contribution in [0, 0.1) is 0 Å². The second kappa shape index (κ2) is 20.0. The Morgan fingerprint density at radius 1 is 1.00 bits per heavy atom. The first-order valence-electron chi connectivity index (χ1n) is 12.6. The van der Waals surface area contributed by atoms with Crippen molar-refractivity contribution < 1.29 is 9.53 Å². The van der Waals surface area contributed by atoms with Crippen LogP contribution in [-0.4, -0.2) is 56.1 Å². The van der Waals surface area contributed by atoms with E-state index in [2.05, 4.69) is 39.8 Å². The molecule has 4 rings (SSSR count). The Bertz CT molecular complexity index is 781. The molecule has 8 heteroatoms. The van der Waals surface area contributed by atoms with Crippen molar-refractivity contribution in [3.63, 3.8) is 0 Å². The maximum absolute atomic E-state index is 8.00. The van der Waals surface area contributed by atoms with Gasteiger partial charge >= 0.3 is 0 Å². The second-order valence-corrected chi connectivity index (χ2v) is 8.74. The van der Waals surface area contributed by atoms with Gasteiger partial charge in [0.25, 0.3) is 0 Å². The van der Waals surface area contributed by atoms with Crippen LogP contribution in [0.25, 0.3) is 11.3 Å². The van der Waals surface area contributed by atoms with E-state index < -0.39 is 0 Å². The Hall–Kier alpha value is -2.22. The highest BCUT2D eigenvalue weighted by Gasteiger charge is 2.20. The summed E-state index contributed by atoms with van der Waals surface area (Å²) in [6.45, 7) is 13.8. The molecule has 0 spiro atoms. The number of hydrogen-bond donors (Lipinski definition) is 3. The molecule has 2 aromatic heterocycles. The van der Waals surface area contributed by atoms with Crippen molar-refractivity contribution in [2.45, 2.75) is 71.8 Å². The number of hydrogen-bond acceptors (Lipinski definition) is 7. The lowest BCUT2D eigenvalue weighted by Gasteiger charge is -2.29. The number of rotatable bonds is 3. The predicted molar refractivity (Wildman–Crippen MR) is 151 cm³/mol. The molecule has 4 heterocycles. The van der Waals surface area contributed by atoms with Gasteiger partial charge in [0.05, 0.1) is 16.3 Å². The highest BCUT2D eigenvalue weighted by molar-refractivity contribution is 6.33. The Kier molecular flexibility index (Phi) is 18.8. The van der Waals surface area contributed by atoms with E-state index in [-0.39, 0.29) is 5.60 Å². The van der Waals surface area contributed by atoms with Crippen LogP contribution in [0.1, 0.15) is 66.2 Å². The van der Waals surface area contributed by atoms with Gasteiger partial charge in [-0.25, -0.2) is 9.97 Å². The van der Waals surface area contributed by atoms with Gasteiger partial charge in [0.15, 0.2) is 0 Å². The molecule has 0 saturated carbocycles. The number of piperidine rings is 1. The van der Waals surface area contributed by atoms with Gasteiger partial charge in [-0.05, 0) is 77.2 Å². The van der Waals surface area contributed by atoms with Crippen LogP contribution in [0.4, 0.5) is 11.6 Å². The van der Waals surface area contributed by atoms with Crippen molar-refractivity contribution in [2.24, 2.45) is 0 Å². The maximum atomic E-state index is 8.00. The lowest BCUT2D eigenvalue weighted by atomic mass is 9.99. The molecular weight excluding hydrogens is 462 g/mol. The van der Waals surface area contributed by atoms with Gasteiger partial charge < -0.3 is 25.5 Å². The molecule has 0 aliphatic carbocycles. The Labute approximate surface area is 217 Å². The first-order chi connectivity index (χ1) is 16.9. The summed E-state index contributed by atoms with van der Waals surface area (Å²) in [4.78, 5) is 16.6. The third kappa shape index (κ3) is 14.1. The van der Waals surface area contributed by atoms with Crippen LogP contribution < -0.4 is 16.0 Å². The molecule has 2 aromatic rings. The van der Waals surface area contributed by atoms with Gasteiger partial charge in [0.1, 0.15) is 18.4 Å². The van der Waals surface area contributed by atoms with Crippen molar-refractivity contribution in [3.05, 3.63) is 35.5 Å². The van der Waals surface area contributed by atoms with E-state index in [1.54, 1.807) is 6.20 Å². The highest BCUT2D eigenvalue weighted by Crippen LogP contribution is 2.28. The van der Waals surface area contributed by atoms with E-state index in [4.69, 9.17) is 21.1 Å². The first-order valence-corrected chi connectivity index (χ1v) is 12.9. The quantitative estimate of drug-likeness (QED) is 0.440. The molecule has 2 fully saturated rings. The lowest BCUT2D eigenvalue weighted by Crippen LogP contribution is -2.28. The fraction of sp³-hybridized carbons (Fsp3) is 0.593. The minimum absolute atomic E-state index is 0.179. The Morgan fingerprint density at radius 3 is 2.09 bits per heavy atom. The van der Waals surface area contributed by atoms with E-state index in [1.165, 1.54) is 51.6 Å². The zero-order valence-corrected chi connectivity index (χ0v) is 23.3. The number of carbonyl (C=O) groups excluding carboxylic acids is 1. The number of aromatic nitrogens is 2. The van der Waals surface area contributed by atoms with Gasteiger partial charge in [-0.2, -0.15) is 0 Å². The fourth-order valence-corrected chi connectivity index (χ4v) is 3.57. The molecular formula is C27H46ClN5O2. The van der Waals surface area contributed by atoms with Crippen LogP contribution >= 0.6 is 11.6 Å². The number of anilines is 2. The van der Waals surface area contributed by atoms with Crippen molar-refractivity contribution in [1.82, 2.24) is 15.3 Å². The standard InChI is InChI=1S/C12H13ClN4.C7H14O.C5H11N.C2H6.CH2O/c1-14-11-5-3-4-10(17-11)8-6-12(15-2)16-7-9(8)13;1-7(2)5-3-4-6-8-7;1-2-4-6-5-3-1;2*1-2/h3-7H,1-2H3,(H,14,17)(H,15,16);3-6H2,1-2H3;6H,1-5H2;1-2H3;1H2. The Balaban J connectivity index is 0.000000532. The summed E-state index contributed by atoms with van der Waals surface area (Å²) in [5.41, 5.74) is 1.86. The topological polar surface area (TPSA) is 88.2 Å². The fourth-order valence-electron chi connectivity index (χ4n) is 3.37. The van der Waals surface area contributed by atoms with Crippen molar-refractivity contribution >= 4 is 30.0 Å². The first kappa shape index (κ1) is 32.8. The van der Waals surface area contributed by atoms with E-state index in [0.29, 0.717) is 5.02 Å². The minimum atomic E-state index is 0.179. The van der Waals surface area contributed by atoms with Gasteiger partial charge in [-0.1, -0.05) is 37.9 Å². The summed E-state index contributed by atoms with van der Waals surface area (Å²) in [6.07, 6.45) is 9.66. The zero-order chi connectivity index (χ0) is 26.5. The summed E-state index contributed by atoms with van der Waals surface area (Å²) >= 11 is 6.13. The highest BCUT2D eigenvalue weighted by atomic mass is 35.5. The van der Waals surface area contributed by atoms with E-state index in [1.807, 2.05) is 59.0 Å². The lowest BCUT2D eigenvalue weighted by molar-refractivity contribution is -0.0980. The van der Waals surface area contributed by atoms with Gasteiger partial charge in [-0.3, -0.25) is 0 Å². The maximum Gasteiger partial charge on any atom is 0.126 e. The van der Waals surface area contributed by atoms with Crippen LogP contribution in [0.5, 0.6) is 0 Å². The van der Waals surface area contributed by atoms with Gasteiger partial charge in [-0.15, -0.1) is 0 Å². The largest absolute Gasteiger partial charge is 0.376 e. The molecule has 2 aliphatic rings. The number of nitrogens with zero attached hydrogens (tertiary/aromatic N) is 2. The summed E-state index contributed by atoms with van der Waals surface area (Å²) in [6, 6.07) is 7.63. The molecule has 0 aromatic carbocycles. The number of pyridine rings is 2. The average Bonchev–Trinajstić information content (AvgIpc) is 2.93. The molecule has 0 radical (unpaired) electrons. The third-order valence-corrected chi connectivity index (χ3v) is 5.57. The number of carbonyl (C=O) groups is 1. The summed E-state index contributed by atoms with van der Waals surface area (Å²) in [5, 5.41) is 9.85. The molecule has 2 aliphatic heterocycles. The predicted octanol–water partition coefficient (Wildman–Crippen LogP) is 6.45. The van der Waals surface area contributed by atoms with E-state index in [9.17, 15) is 0 Å². The molecule has 7 nitrogen and oxygen atoms in total. The average molecular weight is 508 g/mol. The Morgan fingerprint density at radius 2 is 1.66 bits per heavy atom. The summed E-state index contributed by atoms with van der Waals surface area (Å²) in [7, 11) is 3.65. The number of halogens is 1. The van der Waals surface area contributed by atoms with Crippen LogP contribution in [0.2, 0.25) is 5.02 Å². The van der Waals surface area contributed by atoms with Crippen LogP contribution in [-0.2, 0) is 9.53 Å². The van der Waals surface area contributed by atoms with Crippen LogP contribution in [0.3, 0.4) is 0 Å². The number of ether oxygens (including phenoxy) is 1.